The Morgan fingerprint density at radius 3 is 2.95 bits per heavy atom. The first-order valence-corrected chi connectivity index (χ1v) is 7.81. The van der Waals surface area contributed by atoms with Crippen LogP contribution in [0.2, 0.25) is 0 Å². The van der Waals surface area contributed by atoms with Crippen molar-refractivity contribution in [1.29, 1.82) is 0 Å². The summed E-state index contributed by atoms with van der Waals surface area (Å²) in [6, 6.07) is 0. The van der Waals surface area contributed by atoms with Gasteiger partial charge in [-0.05, 0) is 56.3 Å². The Kier molecular flexibility index (Phi) is 2.87. The van der Waals surface area contributed by atoms with E-state index >= 15 is 0 Å². The average molecular weight is 262 g/mol. The third-order valence-electron chi connectivity index (χ3n) is 5.74. The quantitative estimate of drug-likeness (QED) is 0.775. The second kappa shape index (κ2) is 4.58. The molecule has 1 saturated heterocycles. The highest BCUT2D eigenvalue weighted by molar-refractivity contribution is 5.92. The fraction of sp³-hybridized carbons (Fsp3) is 0.867. The van der Waals surface area contributed by atoms with Crippen molar-refractivity contribution in [2.75, 3.05) is 6.61 Å². The van der Waals surface area contributed by atoms with Crippen LogP contribution in [0.25, 0.3) is 0 Å². The van der Waals surface area contributed by atoms with Crippen molar-refractivity contribution in [3.8, 4) is 0 Å². The van der Waals surface area contributed by atoms with E-state index < -0.39 is 0 Å². The van der Waals surface area contributed by atoms with Crippen molar-refractivity contribution in [3.05, 3.63) is 0 Å². The van der Waals surface area contributed by atoms with Crippen LogP contribution >= 0.6 is 0 Å². The van der Waals surface area contributed by atoms with Crippen molar-refractivity contribution in [3.63, 3.8) is 0 Å². The average Bonchev–Trinajstić information content (AvgIpc) is 3.15. The highest BCUT2D eigenvalue weighted by Crippen LogP contribution is 2.57. The van der Waals surface area contributed by atoms with Crippen LogP contribution in [0.1, 0.15) is 44.9 Å². The van der Waals surface area contributed by atoms with Gasteiger partial charge in [-0.1, -0.05) is 6.42 Å². The van der Waals surface area contributed by atoms with Gasteiger partial charge in [0.15, 0.2) is 0 Å². The van der Waals surface area contributed by atoms with Crippen LogP contribution < -0.4 is 5.43 Å². The normalized spacial score (nSPS) is 45.9. The SMILES string of the molecule is O=C(NN=C1CC2CC1C1CCCC21)C1CCCO1. The summed E-state index contributed by atoms with van der Waals surface area (Å²) in [4.78, 5) is 11.9. The predicted octanol–water partition coefficient (Wildman–Crippen LogP) is 2.09. The molecular weight excluding hydrogens is 240 g/mol. The molecule has 2 bridgehead atoms. The summed E-state index contributed by atoms with van der Waals surface area (Å²) in [5, 5.41) is 4.45. The molecule has 19 heavy (non-hydrogen) atoms. The molecule has 3 saturated carbocycles. The second-order valence-corrected chi connectivity index (χ2v) is 6.65. The summed E-state index contributed by atoms with van der Waals surface area (Å²) in [6.07, 6.45) is 8.23. The van der Waals surface area contributed by atoms with Crippen LogP contribution in [0.15, 0.2) is 5.10 Å². The first-order valence-electron chi connectivity index (χ1n) is 7.81. The lowest BCUT2D eigenvalue weighted by atomic mass is 9.81. The zero-order chi connectivity index (χ0) is 12.8. The monoisotopic (exact) mass is 262 g/mol. The van der Waals surface area contributed by atoms with E-state index in [1.165, 1.54) is 31.4 Å². The summed E-state index contributed by atoms with van der Waals surface area (Å²) < 4.78 is 5.38. The number of nitrogens with one attached hydrogen (secondary N) is 1. The predicted molar refractivity (Wildman–Crippen MR) is 71.6 cm³/mol. The molecular formula is C15H22N2O2. The van der Waals surface area contributed by atoms with Gasteiger partial charge in [0.25, 0.3) is 5.91 Å². The van der Waals surface area contributed by atoms with Crippen molar-refractivity contribution >= 4 is 11.6 Å². The number of hydrogen-bond donors (Lipinski definition) is 1. The first kappa shape index (κ1) is 11.9. The number of amides is 1. The zero-order valence-corrected chi connectivity index (χ0v) is 11.3. The fourth-order valence-corrected chi connectivity index (χ4v) is 4.93. The summed E-state index contributed by atoms with van der Waals surface area (Å²) in [5.74, 6) is 3.32. The van der Waals surface area contributed by atoms with Gasteiger partial charge in [-0.15, -0.1) is 0 Å². The summed E-state index contributed by atoms with van der Waals surface area (Å²) >= 11 is 0. The molecule has 5 atom stereocenters. The van der Waals surface area contributed by atoms with Crippen LogP contribution in [0, 0.1) is 23.7 Å². The Hall–Kier alpha value is -0.900. The molecule has 0 aromatic heterocycles. The minimum atomic E-state index is -0.262. The molecule has 1 N–H and O–H groups in total. The highest BCUT2D eigenvalue weighted by atomic mass is 16.5. The van der Waals surface area contributed by atoms with E-state index in [9.17, 15) is 4.79 Å². The van der Waals surface area contributed by atoms with Gasteiger partial charge in [0.05, 0.1) is 0 Å². The van der Waals surface area contributed by atoms with Gasteiger partial charge in [0.1, 0.15) is 6.10 Å². The zero-order valence-electron chi connectivity index (χ0n) is 11.3. The Morgan fingerprint density at radius 2 is 2.11 bits per heavy atom. The fourth-order valence-electron chi connectivity index (χ4n) is 4.93. The lowest BCUT2D eigenvalue weighted by Gasteiger charge is -2.25. The van der Waals surface area contributed by atoms with Gasteiger partial charge < -0.3 is 4.74 Å². The molecule has 4 rings (SSSR count). The van der Waals surface area contributed by atoms with Crippen LogP contribution in [-0.4, -0.2) is 24.3 Å². The molecule has 4 aliphatic rings. The minimum Gasteiger partial charge on any atom is -0.368 e. The van der Waals surface area contributed by atoms with Gasteiger partial charge >= 0.3 is 0 Å². The summed E-state index contributed by atoms with van der Waals surface area (Å²) in [5.41, 5.74) is 4.02. The first-order chi connectivity index (χ1) is 9.33. The smallest absolute Gasteiger partial charge is 0.269 e. The Labute approximate surface area is 114 Å². The van der Waals surface area contributed by atoms with E-state index in [0.29, 0.717) is 12.5 Å². The number of ether oxygens (including phenoxy) is 1. The Morgan fingerprint density at radius 1 is 1.21 bits per heavy atom. The molecule has 0 aromatic rings. The van der Waals surface area contributed by atoms with Gasteiger partial charge in [-0.2, -0.15) is 5.10 Å². The molecule has 1 amide bonds. The molecule has 1 heterocycles. The largest absolute Gasteiger partial charge is 0.368 e. The Bertz CT molecular complexity index is 414. The lowest BCUT2D eigenvalue weighted by molar-refractivity contribution is -0.130. The number of rotatable bonds is 2. The maximum Gasteiger partial charge on any atom is 0.269 e. The summed E-state index contributed by atoms with van der Waals surface area (Å²) in [7, 11) is 0. The van der Waals surface area contributed by atoms with Crippen LogP contribution in [-0.2, 0) is 9.53 Å². The van der Waals surface area contributed by atoms with Crippen molar-refractivity contribution < 1.29 is 9.53 Å². The minimum absolute atomic E-state index is 0.0456. The second-order valence-electron chi connectivity index (χ2n) is 6.65. The lowest BCUT2D eigenvalue weighted by Crippen LogP contribution is -2.33. The molecule has 0 aromatic carbocycles. The van der Waals surface area contributed by atoms with Crippen molar-refractivity contribution in [2.24, 2.45) is 28.8 Å². The van der Waals surface area contributed by atoms with Crippen LogP contribution in [0.5, 0.6) is 0 Å². The van der Waals surface area contributed by atoms with E-state index in [1.807, 2.05) is 0 Å². The topological polar surface area (TPSA) is 50.7 Å². The number of carbonyl (C=O) groups excluding carboxylic acids is 1. The maximum atomic E-state index is 11.9. The van der Waals surface area contributed by atoms with Gasteiger partial charge in [0.2, 0.25) is 0 Å². The number of carbonyl (C=O) groups is 1. The number of nitrogens with zero attached hydrogens (tertiary/aromatic N) is 1. The summed E-state index contributed by atoms with van der Waals surface area (Å²) in [6.45, 7) is 0.711. The van der Waals surface area contributed by atoms with Crippen LogP contribution in [0.3, 0.4) is 0 Å². The molecule has 104 valence electrons. The van der Waals surface area contributed by atoms with Crippen molar-refractivity contribution in [1.82, 2.24) is 5.43 Å². The van der Waals surface area contributed by atoms with Gasteiger partial charge in [-0.25, -0.2) is 5.43 Å². The number of hydrogen-bond acceptors (Lipinski definition) is 3. The van der Waals surface area contributed by atoms with Gasteiger partial charge in [0, 0.05) is 18.2 Å². The van der Waals surface area contributed by atoms with E-state index in [-0.39, 0.29) is 12.0 Å². The maximum absolute atomic E-state index is 11.9. The molecule has 1 aliphatic heterocycles. The highest BCUT2D eigenvalue weighted by Gasteiger charge is 2.52. The van der Waals surface area contributed by atoms with E-state index in [2.05, 4.69) is 10.5 Å². The third kappa shape index (κ3) is 1.92. The van der Waals surface area contributed by atoms with E-state index in [0.717, 1.165) is 37.0 Å². The molecule has 5 unspecified atom stereocenters. The molecule has 0 spiro atoms. The van der Waals surface area contributed by atoms with E-state index in [4.69, 9.17) is 4.74 Å². The molecule has 0 radical (unpaired) electrons. The Balaban J connectivity index is 1.40. The molecule has 3 aliphatic carbocycles. The van der Waals surface area contributed by atoms with E-state index in [1.54, 1.807) is 0 Å². The molecule has 4 fully saturated rings. The standard InChI is InChI=1S/C15H22N2O2/c18-15(14-5-2-6-19-14)17-16-13-8-9-7-12(13)11-4-1-3-10(9)11/h9-12,14H,1-8H2,(H,17,18). The van der Waals surface area contributed by atoms with Gasteiger partial charge in [-0.3, -0.25) is 4.79 Å². The number of hydrazone groups is 1. The number of fused-ring (bicyclic) bond motifs is 5. The third-order valence-corrected chi connectivity index (χ3v) is 5.74. The molecule has 4 nitrogen and oxygen atoms in total. The molecule has 4 heteroatoms. The van der Waals surface area contributed by atoms with Crippen LogP contribution in [0.4, 0.5) is 0 Å². The van der Waals surface area contributed by atoms with Crippen molar-refractivity contribution in [2.45, 2.75) is 51.0 Å².